The summed E-state index contributed by atoms with van der Waals surface area (Å²) >= 11 is 0. The van der Waals surface area contributed by atoms with Gasteiger partial charge in [-0.2, -0.15) is 5.26 Å². The predicted molar refractivity (Wildman–Crippen MR) is 53.6 cm³/mol. The number of aromatic nitrogens is 1. The van der Waals surface area contributed by atoms with Crippen LogP contribution < -0.4 is 0 Å². The highest BCUT2D eigenvalue weighted by molar-refractivity contribution is 5.35. The predicted octanol–water partition coefficient (Wildman–Crippen LogP) is 2.64. The Kier molecular flexibility index (Phi) is 2.77. The third-order valence-corrected chi connectivity index (χ3v) is 2.90. The number of hydrogen-bond acceptors (Lipinski definition) is 1. The van der Waals surface area contributed by atoms with Crippen LogP contribution >= 0.6 is 0 Å². The number of nitriles is 1. The lowest BCUT2D eigenvalue weighted by molar-refractivity contribution is 0.677. The van der Waals surface area contributed by atoms with Gasteiger partial charge in [0.05, 0.1) is 12.5 Å². The fourth-order valence-corrected chi connectivity index (χ4v) is 1.70. The quantitative estimate of drug-likeness (QED) is 0.681. The van der Waals surface area contributed by atoms with Crippen molar-refractivity contribution >= 4 is 0 Å². The van der Waals surface area contributed by atoms with Gasteiger partial charge in [0.2, 0.25) is 0 Å². The van der Waals surface area contributed by atoms with E-state index in [1.807, 2.05) is 0 Å². The summed E-state index contributed by atoms with van der Waals surface area (Å²) in [7, 11) is 0. The van der Waals surface area contributed by atoms with Crippen molar-refractivity contribution in [2.24, 2.45) is 0 Å². The molecule has 0 aromatic carbocycles. The van der Waals surface area contributed by atoms with E-state index < -0.39 is 0 Å². The summed E-state index contributed by atoms with van der Waals surface area (Å²) in [6, 6.07) is 2.18. The molecule has 2 heteroatoms. The largest absolute Gasteiger partial charge is 0.348 e. The maximum atomic E-state index is 8.52. The zero-order valence-electron chi connectivity index (χ0n) is 8.81. The molecule has 1 heterocycles. The second-order valence-corrected chi connectivity index (χ2v) is 3.48. The molecule has 0 aliphatic heterocycles. The zero-order valence-corrected chi connectivity index (χ0v) is 8.81. The summed E-state index contributed by atoms with van der Waals surface area (Å²) in [5.41, 5.74) is 5.31. The molecule has 1 rings (SSSR count). The van der Waals surface area contributed by atoms with E-state index in [1.54, 1.807) is 0 Å². The van der Waals surface area contributed by atoms with Crippen LogP contribution in [0.2, 0.25) is 0 Å². The minimum Gasteiger partial charge on any atom is -0.348 e. The molecular weight excluding hydrogens is 160 g/mol. The molecule has 1 aromatic rings. The lowest BCUT2D eigenvalue weighted by atomic mass is 10.2. The zero-order chi connectivity index (χ0) is 10.0. The lowest BCUT2D eigenvalue weighted by Gasteiger charge is -2.06. The summed E-state index contributed by atoms with van der Waals surface area (Å²) in [5.74, 6) is 0. The van der Waals surface area contributed by atoms with Gasteiger partial charge in [0, 0.05) is 17.9 Å². The molecule has 0 atom stereocenters. The molecule has 0 unspecified atom stereocenters. The molecule has 0 spiro atoms. The average molecular weight is 176 g/mol. The molecule has 13 heavy (non-hydrogen) atoms. The highest BCUT2D eigenvalue weighted by Gasteiger charge is 2.09. The summed E-state index contributed by atoms with van der Waals surface area (Å²) in [6.07, 6.45) is 0.592. The fourth-order valence-electron chi connectivity index (χ4n) is 1.70. The standard InChI is InChI=1S/C11H16N2/c1-8-9(2)11(4)13(10(8)3)7-5-6-12/h5,7H2,1-4H3. The third-order valence-electron chi connectivity index (χ3n) is 2.90. The minimum absolute atomic E-state index is 0.592. The summed E-state index contributed by atoms with van der Waals surface area (Å²) in [5, 5.41) is 8.52. The molecule has 0 amide bonds. The third kappa shape index (κ3) is 1.60. The van der Waals surface area contributed by atoms with Crippen molar-refractivity contribution in [2.45, 2.75) is 40.7 Å². The molecular formula is C11H16N2. The molecule has 0 fully saturated rings. The van der Waals surface area contributed by atoms with Gasteiger partial charge >= 0.3 is 0 Å². The Morgan fingerprint density at radius 2 is 1.54 bits per heavy atom. The van der Waals surface area contributed by atoms with Crippen molar-refractivity contribution < 1.29 is 0 Å². The second-order valence-electron chi connectivity index (χ2n) is 3.48. The molecule has 0 N–H and O–H groups in total. The van der Waals surface area contributed by atoms with Crippen LogP contribution in [-0.4, -0.2) is 4.57 Å². The molecule has 2 nitrogen and oxygen atoms in total. The van der Waals surface area contributed by atoms with Gasteiger partial charge in [0.1, 0.15) is 0 Å². The first-order valence-corrected chi connectivity index (χ1v) is 4.59. The molecule has 0 aliphatic carbocycles. The van der Waals surface area contributed by atoms with Crippen molar-refractivity contribution in [3.63, 3.8) is 0 Å². The maximum Gasteiger partial charge on any atom is 0.0640 e. The Labute approximate surface area is 79.8 Å². The SMILES string of the molecule is Cc1c(C)c(C)n(CCC#N)c1C. The van der Waals surface area contributed by atoms with E-state index in [1.165, 1.54) is 22.5 Å². The van der Waals surface area contributed by atoms with Gasteiger partial charge in [-0.1, -0.05) is 0 Å². The summed E-state index contributed by atoms with van der Waals surface area (Å²) < 4.78 is 2.23. The van der Waals surface area contributed by atoms with Gasteiger partial charge < -0.3 is 4.57 Å². The number of nitrogens with zero attached hydrogens (tertiary/aromatic N) is 2. The number of hydrogen-bond donors (Lipinski definition) is 0. The highest BCUT2D eigenvalue weighted by atomic mass is 15.0. The van der Waals surface area contributed by atoms with Gasteiger partial charge in [-0.15, -0.1) is 0 Å². The van der Waals surface area contributed by atoms with E-state index in [0.29, 0.717) is 6.42 Å². The van der Waals surface area contributed by atoms with Crippen LogP contribution in [0.1, 0.15) is 28.9 Å². The monoisotopic (exact) mass is 176 g/mol. The van der Waals surface area contributed by atoms with Crippen molar-refractivity contribution in [1.82, 2.24) is 4.57 Å². The van der Waals surface area contributed by atoms with E-state index in [-0.39, 0.29) is 0 Å². The topological polar surface area (TPSA) is 28.7 Å². The van der Waals surface area contributed by atoms with Crippen molar-refractivity contribution in [3.05, 3.63) is 22.5 Å². The van der Waals surface area contributed by atoms with Crippen molar-refractivity contribution in [3.8, 4) is 6.07 Å². The Morgan fingerprint density at radius 1 is 1.08 bits per heavy atom. The van der Waals surface area contributed by atoms with Crippen LogP contribution in [0.4, 0.5) is 0 Å². The molecule has 0 saturated heterocycles. The molecule has 0 aliphatic rings. The maximum absolute atomic E-state index is 8.52. The molecule has 70 valence electrons. The Hall–Kier alpha value is -1.23. The van der Waals surface area contributed by atoms with Gasteiger partial charge in [0.25, 0.3) is 0 Å². The minimum atomic E-state index is 0.592. The Morgan fingerprint density at radius 3 is 1.92 bits per heavy atom. The van der Waals surface area contributed by atoms with Gasteiger partial charge in [-0.3, -0.25) is 0 Å². The molecule has 0 bridgehead atoms. The van der Waals surface area contributed by atoms with Crippen LogP contribution in [0.15, 0.2) is 0 Å². The Balaban J connectivity index is 3.08. The van der Waals surface area contributed by atoms with Crippen molar-refractivity contribution in [1.29, 1.82) is 5.26 Å². The van der Waals surface area contributed by atoms with Gasteiger partial charge in [0.15, 0.2) is 0 Å². The van der Waals surface area contributed by atoms with Crippen LogP contribution in [-0.2, 0) is 6.54 Å². The van der Waals surface area contributed by atoms with Gasteiger partial charge in [-0.25, -0.2) is 0 Å². The first kappa shape index (κ1) is 9.85. The highest BCUT2D eigenvalue weighted by Crippen LogP contribution is 2.20. The van der Waals surface area contributed by atoms with E-state index in [9.17, 15) is 0 Å². The van der Waals surface area contributed by atoms with E-state index in [0.717, 1.165) is 6.54 Å². The van der Waals surface area contributed by atoms with E-state index >= 15 is 0 Å². The lowest BCUT2D eigenvalue weighted by Crippen LogP contribution is -2.01. The first-order valence-electron chi connectivity index (χ1n) is 4.59. The van der Waals surface area contributed by atoms with Gasteiger partial charge in [-0.05, 0) is 38.8 Å². The van der Waals surface area contributed by atoms with Crippen LogP contribution in [0.3, 0.4) is 0 Å². The second kappa shape index (κ2) is 3.66. The summed E-state index contributed by atoms with van der Waals surface area (Å²) in [4.78, 5) is 0. The molecule has 1 aromatic heterocycles. The van der Waals surface area contributed by atoms with Crippen molar-refractivity contribution in [2.75, 3.05) is 0 Å². The van der Waals surface area contributed by atoms with Crippen LogP contribution in [0.5, 0.6) is 0 Å². The molecule has 0 saturated carbocycles. The van der Waals surface area contributed by atoms with Crippen LogP contribution in [0, 0.1) is 39.0 Å². The van der Waals surface area contributed by atoms with E-state index in [4.69, 9.17) is 5.26 Å². The fraction of sp³-hybridized carbons (Fsp3) is 0.545. The van der Waals surface area contributed by atoms with Crippen LogP contribution in [0.25, 0.3) is 0 Å². The normalized spacial score (nSPS) is 10.1. The Bertz CT molecular complexity index is 328. The smallest absolute Gasteiger partial charge is 0.0640 e. The molecule has 0 radical (unpaired) electrons. The summed E-state index contributed by atoms with van der Waals surface area (Å²) in [6.45, 7) is 9.34. The number of rotatable bonds is 2. The average Bonchev–Trinajstić information content (AvgIpc) is 2.30. The first-order chi connectivity index (χ1) is 6.09. The van der Waals surface area contributed by atoms with E-state index in [2.05, 4.69) is 38.3 Å².